The summed E-state index contributed by atoms with van der Waals surface area (Å²) in [5, 5.41) is 14.1. The average Bonchev–Trinajstić information content (AvgIpc) is 3.09. The molecule has 0 N–H and O–H groups in total. The third-order valence-corrected chi connectivity index (χ3v) is 4.27. The van der Waals surface area contributed by atoms with Crippen LogP contribution < -0.4 is 0 Å². The first-order chi connectivity index (χ1) is 10.3. The van der Waals surface area contributed by atoms with E-state index in [9.17, 15) is 0 Å². The Morgan fingerprint density at radius 3 is 2.38 bits per heavy atom. The molecule has 4 aromatic rings. The molecule has 4 rings (SSSR count). The Morgan fingerprint density at radius 1 is 0.857 bits per heavy atom. The molecule has 21 heavy (non-hydrogen) atoms. The Kier molecular flexibility index (Phi) is 2.79. The van der Waals surface area contributed by atoms with E-state index in [0.717, 1.165) is 26.9 Å². The van der Waals surface area contributed by atoms with E-state index in [0.29, 0.717) is 0 Å². The molecular formula is C16H12N4S. The maximum absolute atomic E-state index is 4.65. The normalized spacial score (nSPS) is 11.1. The lowest BCUT2D eigenvalue weighted by atomic mass is 10.1. The molecule has 0 radical (unpaired) electrons. The molecule has 2 heterocycles. The van der Waals surface area contributed by atoms with Crippen molar-refractivity contribution >= 4 is 16.3 Å². The average molecular weight is 292 g/mol. The quantitative estimate of drug-likeness (QED) is 0.564. The number of aromatic nitrogens is 4. The fraction of sp³-hybridized carbons (Fsp3) is 0.0625. The fourth-order valence-electron chi connectivity index (χ4n) is 2.20. The zero-order chi connectivity index (χ0) is 14.2. The third-order valence-electron chi connectivity index (χ3n) is 3.32. The molecule has 5 heteroatoms. The summed E-state index contributed by atoms with van der Waals surface area (Å²) < 4.78 is 1.82. The lowest BCUT2D eigenvalue weighted by Gasteiger charge is -1.98. The number of aryl methyl sites for hydroxylation is 1. The molecule has 0 saturated heterocycles. The molecule has 0 spiro atoms. The van der Waals surface area contributed by atoms with Gasteiger partial charge in [-0.25, -0.2) is 0 Å². The van der Waals surface area contributed by atoms with E-state index in [2.05, 4.69) is 46.5 Å². The van der Waals surface area contributed by atoms with E-state index in [-0.39, 0.29) is 0 Å². The van der Waals surface area contributed by atoms with Crippen molar-refractivity contribution in [3.63, 3.8) is 0 Å². The van der Waals surface area contributed by atoms with E-state index in [1.165, 1.54) is 5.56 Å². The Balaban J connectivity index is 1.85. The van der Waals surface area contributed by atoms with Gasteiger partial charge in [-0.1, -0.05) is 71.5 Å². The summed E-state index contributed by atoms with van der Waals surface area (Å²) in [6, 6.07) is 18.4. The summed E-state index contributed by atoms with van der Waals surface area (Å²) in [7, 11) is 0. The van der Waals surface area contributed by atoms with Crippen LogP contribution in [0.2, 0.25) is 0 Å². The molecule has 102 valence electrons. The van der Waals surface area contributed by atoms with Crippen molar-refractivity contribution in [3.05, 3.63) is 60.2 Å². The molecule has 0 saturated carbocycles. The molecule has 0 fully saturated rings. The summed E-state index contributed by atoms with van der Waals surface area (Å²) >= 11 is 1.55. The van der Waals surface area contributed by atoms with Gasteiger partial charge in [-0.2, -0.15) is 9.61 Å². The van der Waals surface area contributed by atoms with Crippen molar-refractivity contribution in [3.8, 4) is 22.0 Å². The molecular weight excluding hydrogens is 280 g/mol. The van der Waals surface area contributed by atoms with Crippen LogP contribution in [0.25, 0.3) is 26.9 Å². The van der Waals surface area contributed by atoms with Gasteiger partial charge in [0.15, 0.2) is 5.82 Å². The Bertz CT molecular complexity index is 891. The first kappa shape index (κ1) is 12.2. The van der Waals surface area contributed by atoms with Gasteiger partial charge in [0.25, 0.3) is 0 Å². The molecule has 2 aromatic carbocycles. The van der Waals surface area contributed by atoms with Crippen LogP contribution in [0.5, 0.6) is 0 Å². The second-order valence-electron chi connectivity index (χ2n) is 4.86. The number of nitrogens with zero attached hydrogens (tertiary/aromatic N) is 4. The van der Waals surface area contributed by atoms with Crippen molar-refractivity contribution in [1.82, 2.24) is 19.8 Å². The van der Waals surface area contributed by atoms with Crippen LogP contribution >= 0.6 is 11.3 Å². The molecule has 0 bridgehead atoms. The van der Waals surface area contributed by atoms with Gasteiger partial charge in [-0.05, 0) is 6.92 Å². The maximum atomic E-state index is 4.65. The van der Waals surface area contributed by atoms with Crippen LogP contribution in [0.4, 0.5) is 0 Å². The summed E-state index contributed by atoms with van der Waals surface area (Å²) in [4.78, 5) is 0.810. The van der Waals surface area contributed by atoms with E-state index in [1.54, 1.807) is 11.3 Å². The van der Waals surface area contributed by atoms with Crippen LogP contribution in [0.1, 0.15) is 5.56 Å². The van der Waals surface area contributed by atoms with E-state index < -0.39 is 0 Å². The SMILES string of the molecule is Cc1ccc(-c2nnc3sc(-c4ccccc4)nn23)cc1. The van der Waals surface area contributed by atoms with Crippen molar-refractivity contribution in [2.75, 3.05) is 0 Å². The molecule has 0 atom stereocenters. The van der Waals surface area contributed by atoms with Crippen molar-refractivity contribution < 1.29 is 0 Å². The van der Waals surface area contributed by atoms with Gasteiger partial charge in [0.1, 0.15) is 5.01 Å². The number of hydrogen-bond acceptors (Lipinski definition) is 4. The largest absolute Gasteiger partial charge is 0.235 e. The Morgan fingerprint density at radius 2 is 1.62 bits per heavy atom. The first-order valence-electron chi connectivity index (χ1n) is 6.66. The minimum absolute atomic E-state index is 0.781. The summed E-state index contributed by atoms with van der Waals surface area (Å²) in [5.74, 6) is 0.781. The monoisotopic (exact) mass is 292 g/mol. The number of rotatable bonds is 2. The molecule has 2 aromatic heterocycles. The molecule has 0 aliphatic rings. The van der Waals surface area contributed by atoms with Gasteiger partial charge in [0.05, 0.1) is 0 Å². The highest BCUT2D eigenvalue weighted by Gasteiger charge is 2.13. The van der Waals surface area contributed by atoms with Gasteiger partial charge in [-0.3, -0.25) is 0 Å². The van der Waals surface area contributed by atoms with Crippen molar-refractivity contribution in [1.29, 1.82) is 0 Å². The smallest absolute Gasteiger partial charge is 0.182 e. The second-order valence-corrected chi connectivity index (χ2v) is 5.81. The van der Waals surface area contributed by atoms with Gasteiger partial charge in [-0.15, -0.1) is 10.2 Å². The maximum Gasteiger partial charge on any atom is 0.235 e. The highest BCUT2D eigenvalue weighted by molar-refractivity contribution is 7.19. The minimum atomic E-state index is 0.781. The van der Waals surface area contributed by atoms with Crippen LogP contribution in [-0.4, -0.2) is 19.8 Å². The topological polar surface area (TPSA) is 43.1 Å². The van der Waals surface area contributed by atoms with Gasteiger partial charge in [0.2, 0.25) is 4.96 Å². The zero-order valence-corrected chi connectivity index (χ0v) is 12.2. The second kappa shape index (κ2) is 4.79. The van der Waals surface area contributed by atoms with Crippen LogP contribution in [0, 0.1) is 6.92 Å². The zero-order valence-electron chi connectivity index (χ0n) is 11.4. The van der Waals surface area contributed by atoms with Gasteiger partial charge >= 0.3 is 0 Å². The fourth-order valence-corrected chi connectivity index (χ4v) is 3.04. The molecule has 4 nitrogen and oxygen atoms in total. The summed E-state index contributed by atoms with van der Waals surface area (Å²) in [6.07, 6.45) is 0. The highest BCUT2D eigenvalue weighted by atomic mass is 32.1. The van der Waals surface area contributed by atoms with Crippen LogP contribution in [0.15, 0.2) is 54.6 Å². The van der Waals surface area contributed by atoms with E-state index in [4.69, 9.17) is 0 Å². The molecule has 0 aliphatic carbocycles. The lowest BCUT2D eigenvalue weighted by Crippen LogP contribution is -1.91. The van der Waals surface area contributed by atoms with Crippen LogP contribution in [-0.2, 0) is 0 Å². The summed E-state index contributed by atoms with van der Waals surface area (Å²) in [5.41, 5.74) is 3.35. The molecule has 0 amide bonds. The highest BCUT2D eigenvalue weighted by Crippen LogP contribution is 2.27. The Labute approximate surface area is 125 Å². The van der Waals surface area contributed by atoms with Gasteiger partial charge < -0.3 is 0 Å². The standard InChI is InChI=1S/C16H12N4S/c1-11-7-9-12(10-8-11)14-17-18-16-20(14)19-15(21-16)13-5-3-2-4-6-13/h2-10H,1H3. The predicted octanol–water partition coefficient (Wildman–Crippen LogP) is 3.83. The van der Waals surface area contributed by atoms with Crippen LogP contribution in [0.3, 0.4) is 0 Å². The lowest BCUT2D eigenvalue weighted by molar-refractivity contribution is 0.970. The summed E-state index contributed by atoms with van der Waals surface area (Å²) in [6.45, 7) is 2.07. The third kappa shape index (κ3) is 2.11. The Hall–Kier alpha value is -2.53. The molecule has 0 aliphatic heterocycles. The van der Waals surface area contributed by atoms with Crippen molar-refractivity contribution in [2.24, 2.45) is 0 Å². The van der Waals surface area contributed by atoms with Gasteiger partial charge in [0, 0.05) is 11.1 Å². The number of hydrogen-bond donors (Lipinski definition) is 0. The number of fused-ring (bicyclic) bond motifs is 1. The predicted molar refractivity (Wildman–Crippen MR) is 84.3 cm³/mol. The van der Waals surface area contributed by atoms with E-state index >= 15 is 0 Å². The first-order valence-corrected chi connectivity index (χ1v) is 7.47. The number of benzene rings is 2. The molecule has 0 unspecified atom stereocenters. The van der Waals surface area contributed by atoms with E-state index in [1.807, 2.05) is 34.8 Å². The van der Waals surface area contributed by atoms with Crippen molar-refractivity contribution in [2.45, 2.75) is 6.92 Å². The minimum Gasteiger partial charge on any atom is -0.182 e.